The third-order valence-corrected chi connectivity index (χ3v) is 6.86. The maximum Gasteiger partial charge on any atom is 0.343 e. The van der Waals surface area contributed by atoms with Crippen LogP contribution < -0.4 is 9.47 Å². The lowest BCUT2D eigenvalue weighted by Crippen LogP contribution is -2.15. The summed E-state index contributed by atoms with van der Waals surface area (Å²) in [4.78, 5) is 17.0. The topological polar surface area (TPSA) is 48.4 Å². The summed E-state index contributed by atoms with van der Waals surface area (Å²) in [5.41, 5.74) is 1.59. The molecule has 1 aromatic carbocycles. The van der Waals surface area contributed by atoms with E-state index in [1.54, 1.807) is 18.3 Å². The third kappa shape index (κ3) is 8.83. The van der Waals surface area contributed by atoms with Crippen molar-refractivity contribution in [2.45, 2.75) is 90.9 Å². The lowest BCUT2D eigenvalue weighted by Gasteiger charge is -2.28. The standard InChI is InChI=1S/C29H41NO3/c1-3-5-7-21-32-27-18-14-25(15-19-27)29(31)33-28-20-17-26(30-22-28)16-13-24-11-9-23(10-12-24)8-6-4-2/h14-15,17-20,22-24H,3-13,16,21H2,1-2H3. The molecule has 1 aliphatic carbocycles. The highest BCUT2D eigenvalue weighted by atomic mass is 16.5. The van der Waals surface area contributed by atoms with Gasteiger partial charge in [-0.15, -0.1) is 0 Å². The van der Waals surface area contributed by atoms with Gasteiger partial charge >= 0.3 is 5.97 Å². The van der Waals surface area contributed by atoms with Crippen molar-refractivity contribution in [1.29, 1.82) is 0 Å². The molecule has 0 N–H and O–H groups in total. The first-order chi connectivity index (χ1) is 16.2. The van der Waals surface area contributed by atoms with Crippen LogP contribution in [0.4, 0.5) is 0 Å². The van der Waals surface area contributed by atoms with Crippen LogP contribution in [0.1, 0.15) is 101 Å². The number of ether oxygens (including phenoxy) is 2. The van der Waals surface area contributed by atoms with Crippen LogP contribution >= 0.6 is 0 Å². The Hall–Kier alpha value is -2.36. The molecule has 0 bridgehead atoms. The van der Waals surface area contributed by atoms with E-state index in [4.69, 9.17) is 9.47 Å². The molecule has 180 valence electrons. The molecule has 0 saturated heterocycles. The van der Waals surface area contributed by atoms with E-state index in [1.165, 1.54) is 57.8 Å². The van der Waals surface area contributed by atoms with Crippen LogP contribution in [0.3, 0.4) is 0 Å². The second kappa shape index (κ2) is 14.0. The van der Waals surface area contributed by atoms with Gasteiger partial charge in [0, 0.05) is 5.69 Å². The molecule has 1 aliphatic rings. The van der Waals surface area contributed by atoms with E-state index >= 15 is 0 Å². The number of benzene rings is 1. The van der Waals surface area contributed by atoms with Crippen molar-refractivity contribution >= 4 is 5.97 Å². The predicted octanol–water partition coefficient (Wildman–Crippen LogP) is 7.80. The summed E-state index contributed by atoms with van der Waals surface area (Å²) < 4.78 is 11.2. The van der Waals surface area contributed by atoms with E-state index in [9.17, 15) is 4.79 Å². The van der Waals surface area contributed by atoms with Crippen LogP contribution in [0.5, 0.6) is 11.5 Å². The number of nitrogens with zero attached hydrogens (tertiary/aromatic N) is 1. The van der Waals surface area contributed by atoms with Gasteiger partial charge in [0.05, 0.1) is 18.4 Å². The summed E-state index contributed by atoms with van der Waals surface area (Å²) in [6.07, 6.45) is 16.9. The number of rotatable bonds is 13. The number of carbonyl (C=O) groups excluding carboxylic acids is 1. The number of carbonyl (C=O) groups is 1. The first-order valence-electron chi connectivity index (χ1n) is 13.1. The lowest BCUT2D eigenvalue weighted by atomic mass is 9.78. The highest BCUT2D eigenvalue weighted by Gasteiger charge is 2.20. The highest BCUT2D eigenvalue weighted by Crippen LogP contribution is 2.34. The third-order valence-electron chi connectivity index (χ3n) is 6.86. The van der Waals surface area contributed by atoms with Crippen molar-refractivity contribution in [3.8, 4) is 11.5 Å². The van der Waals surface area contributed by atoms with Gasteiger partial charge < -0.3 is 9.47 Å². The normalized spacial score (nSPS) is 18.1. The fourth-order valence-electron chi connectivity index (χ4n) is 4.67. The summed E-state index contributed by atoms with van der Waals surface area (Å²) in [6, 6.07) is 11.0. The van der Waals surface area contributed by atoms with Crippen LogP contribution in [0, 0.1) is 11.8 Å². The van der Waals surface area contributed by atoms with Crippen molar-refractivity contribution in [1.82, 2.24) is 4.98 Å². The highest BCUT2D eigenvalue weighted by molar-refractivity contribution is 5.91. The van der Waals surface area contributed by atoms with Crippen molar-refractivity contribution in [3.05, 3.63) is 53.9 Å². The lowest BCUT2D eigenvalue weighted by molar-refractivity contribution is 0.0734. The minimum absolute atomic E-state index is 0.373. The van der Waals surface area contributed by atoms with Crippen LogP contribution in [0.2, 0.25) is 0 Å². The maximum absolute atomic E-state index is 12.4. The molecule has 33 heavy (non-hydrogen) atoms. The summed E-state index contributed by atoms with van der Waals surface area (Å²) in [5, 5.41) is 0. The van der Waals surface area contributed by atoms with Gasteiger partial charge in [-0.3, -0.25) is 4.98 Å². The van der Waals surface area contributed by atoms with Crippen molar-refractivity contribution in [3.63, 3.8) is 0 Å². The van der Waals surface area contributed by atoms with E-state index in [1.807, 2.05) is 24.3 Å². The molecule has 0 aliphatic heterocycles. The number of unbranched alkanes of at least 4 members (excludes halogenated alkanes) is 3. The van der Waals surface area contributed by atoms with Gasteiger partial charge in [0.1, 0.15) is 11.5 Å². The average molecular weight is 452 g/mol. The summed E-state index contributed by atoms with van der Waals surface area (Å²) in [7, 11) is 0. The van der Waals surface area contributed by atoms with Gasteiger partial charge in [0.15, 0.2) is 0 Å². The smallest absolute Gasteiger partial charge is 0.343 e. The average Bonchev–Trinajstić information content (AvgIpc) is 2.86. The van der Waals surface area contributed by atoms with Gasteiger partial charge in [-0.05, 0) is 67.5 Å². The number of aryl methyl sites for hydroxylation is 1. The zero-order chi connectivity index (χ0) is 23.3. The molecule has 2 aromatic rings. The van der Waals surface area contributed by atoms with Gasteiger partial charge in [0.2, 0.25) is 0 Å². The second-order valence-corrected chi connectivity index (χ2v) is 9.52. The van der Waals surface area contributed by atoms with Gasteiger partial charge in [-0.25, -0.2) is 4.79 Å². The molecule has 1 fully saturated rings. The SMILES string of the molecule is CCCCCOc1ccc(C(=O)Oc2ccc(CCC3CCC(CCCC)CC3)nc2)cc1. The van der Waals surface area contributed by atoms with Crippen LogP contribution in [-0.2, 0) is 6.42 Å². The molecule has 0 radical (unpaired) electrons. The largest absolute Gasteiger partial charge is 0.494 e. The van der Waals surface area contributed by atoms with E-state index in [0.29, 0.717) is 17.9 Å². The first kappa shape index (κ1) is 25.3. The first-order valence-corrected chi connectivity index (χ1v) is 13.1. The van der Waals surface area contributed by atoms with Crippen LogP contribution in [-0.4, -0.2) is 17.6 Å². The Morgan fingerprint density at radius 1 is 0.848 bits per heavy atom. The predicted molar refractivity (Wildman–Crippen MR) is 134 cm³/mol. The molecule has 1 heterocycles. The van der Waals surface area contributed by atoms with E-state index < -0.39 is 0 Å². The molecule has 4 heteroatoms. The minimum Gasteiger partial charge on any atom is -0.494 e. The Morgan fingerprint density at radius 2 is 1.52 bits per heavy atom. The number of hydrogen-bond donors (Lipinski definition) is 0. The molecule has 3 rings (SSSR count). The van der Waals surface area contributed by atoms with E-state index in [2.05, 4.69) is 18.8 Å². The van der Waals surface area contributed by atoms with Gasteiger partial charge in [0.25, 0.3) is 0 Å². The van der Waals surface area contributed by atoms with Gasteiger partial charge in [-0.1, -0.05) is 71.6 Å². The van der Waals surface area contributed by atoms with Crippen molar-refractivity contribution in [2.75, 3.05) is 6.61 Å². The molecule has 1 aromatic heterocycles. The number of hydrogen-bond acceptors (Lipinski definition) is 4. The fraction of sp³-hybridized carbons (Fsp3) is 0.586. The van der Waals surface area contributed by atoms with Crippen molar-refractivity contribution in [2.24, 2.45) is 11.8 Å². The molecule has 4 nitrogen and oxygen atoms in total. The molecule has 0 atom stereocenters. The Kier molecular flexibility index (Phi) is 10.7. The molecule has 0 unspecified atom stereocenters. The van der Waals surface area contributed by atoms with E-state index in [0.717, 1.165) is 42.5 Å². The second-order valence-electron chi connectivity index (χ2n) is 9.52. The van der Waals surface area contributed by atoms with Crippen molar-refractivity contribution < 1.29 is 14.3 Å². The molecule has 0 amide bonds. The number of pyridine rings is 1. The van der Waals surface area contributed by atoms with Crippen LogP contribution in [0.15, 0.2) is 42.6 Å². The summed E-state index contributed by atoms with van der Waals surface area (Å²) in [6.45, 7) is 5.16. The Morgan fingerprint density at radius 3 is 2.15 bits per heavy atom. The minimum atomic E-state index is -0.373. The zero-order valence-electron chi connectivity index (χ0n) is 20.6. The Bertz CT molecular complexity index is 808. The van der Waals surface area contributed by atoms with Gasteiger partial charge in [-0.2, -0.15) is 0 Å². The molecule has 0 spiro atoms. The monoisotopic (exact) mass is 451 g/mol. The molecular formula is C29H41NO3. The molecular weight excluding hydrogens is 410 g/mol. The number of esters is 1. The summed E-state index contributed by atoms with van der Waals surface area (Å²) in [5.74, 6) is 2.69. The summed E-state index contributed by atoms with van der Waals surface area (Å²) >= 11 is 0. The zero-order valence-corrected chi connectivity index (χ0v) is 20.6. The fourth-order valence-corrected chi connectivity index (χ4v) is 4.67. The van der Waals surface area contributed by atoms with E-state index in [-0.39, 0.29) is 5.97 Å². The quantitative estimate of drug-likeness (QED) is 0.230. The Labute approximate surface area is 200 Å². The molecule has 1 saturated carbocycles. The maximum atomic E-state index is 12.4. The Balaban J connectivity index is 1.39. The number of aromatic nitrogens is 1. The van der Waals surface area contributed by atoms with Crippen LogP contribution in [0.25, 0.3) is 0 Å².